The molecule has 2 heterocycles. The van der Waals surface area contributed by atoms with Crippen LogP contribution in [0.3, 0.4) is 0 Å². The Kier molecular flexibility index (Phi) is 5.99. The van der Waals surface area contributed by atoms with E-state index in [1.807, 2.05) is 0 Å². The van der Waals surface area contributed by atoms with Gasteiger partial charge in [0.25, 0.3) is 5.91 Å². The van der Waals surface area contributed by atoms with Gasteiger partial charge in [0.05, 0.1) is 26.4 Å². The molecule has 8 heteroatoms. The fourth-order valence-corrected chi connectivity index (χ4v) is 3.60. The Labute approximate surface area is 170 Å². The molecule has 1 aliphatic heterocycles. The van der Waals surface area contributed by atoms with Gasteiger partial charge < -0.3 is 23.6 Å². The molecule has 1 saturated carbocycles. The number of hydrogen-bond acceptors (Lipinski definition) is 7. The van der Waals surface area contributed by atoms with Crippen LogP contribution in [0.15, 0.2) is 22.7 Å². The molecule has 1 aliphatic carbocycles. The summed E-state index contributed by atoms with van der Waals surface area (Å²) in [6, 6.07) is 4.98. The first-order valence-electron chi connectivity index (χ1n) is 10.1. The number of benzene rings is 1. The summed E-state index contributed by atoms with van der Waals surface area (Å²) in [5.74, 6) is 2.86. The maximum atomic E-state index is 13.2. The zero-order valence-corrected chi connectivity index (χ0v) is 16.9. The average molecular weight is 401 g/mol. The maximum absolute atomic E-state index is 13.2. The summed E-state index contributed by atoms with van der Waals surface area (Å²) in [5, 5.41) is 4.07. The van der Waals surface area contributed by atoms with Gasteiger partial charge in [-0.1, -0.05) is 5.16 Å². The van der Waals surface area contributed by atoms with Gasteiger partial charge in [-0.15, -0.1) is 0 Å². The first-order chi connectivity index (χ1) is 14.2. The van der Waals surface area contributed by atoms with E-state index in [9.17, 15) is 4.79 Å². The Morgan fingerprint density at radius 3 is 2.86 bits per heavy atom. The smallest absolute Gasteiger partial charge is 0.258 e. The molecule has 0 N–H and O–H groups in total. The van der Waals surface area contributed by atoms with Crippen LogP contribution in [0.1, 0.15) is 53.8 Å². The minimum absolute atomic E-state index is 0.112. The van der Waals surface area contributed by atoms with E-state index in [-0.39, 0.29) is 11.9 Å². The fourth-order valence-electron chi connectivity index (χ4n) is 3.60. The lowest BCUT2D eigenvalue weighted by Crippen LogP contribution is -2.31. The van der Waals surface area contributed by atoms with Gasteiger partial charge in [0.1, 0.15) is 17.5 Å². The van der Waals surface area contributed by atoms with Gasteiger partial charge in [-0.05, 0) is 43.7 Å². The predicted octanol–water partition coefficient (Wildman–Crippen LogP) is 3.03. The van der Waals surface area contributed by atoms with Gasteiger partial charge in [0.15, 0.2) is 5.82 Å². The molecule has 1 saturated heterocycles. The molecule has 0 radical (unpaired) electrons. The van der Waals surface area contributed by atoms with Crippen molar-refractivity contribution >= 4 is 5.91 Å². The Balaban J connectivity index is 1.42. The zero-order valence-electron chi connectivity index (χ0n) is 16.9. The van der Waals surface area contributed by atoms with Gasteiger partial charge in [-0.3, -0.25) is 4.79 Å². The van der Waals surface area contributed by atoms with Crippen LogP contribution in [-0.4, -0.2) is 54.9 Å². The summed E-state index contributed by atoms with van der Waals surface area (Å²) < 4.78 is 21.7. The van der Waals surface area contributed by atoms with E-state index in [1.54, 1.807) is 37.3 Å². The van der Waals surface area contributed by atoms with E-state index < -0.39 is 0 Å². The number of methoxy groups -OCH3 is 2. The molecule has 29 heavy (non-hydrogen) atoms. The molecule has 2 fully saturated rings. The van der Waals surface area contributed by atoms with Gasteiger partial charge >= 0.3 is 0 Å². The third kappa shape index (κ3) is 4.53. The molecule has 4 rings (SSSR count). The molecule has 2 aliphatic rings. The van der Waals surface area contributed by atoms with E-state index in [4.69, 9.17) is 18.7 Å². The van der Waals surface area contributed by atoms with Gasteiger partial charge in [0, 0.05) is 25.6 Å². The zero-order chi connectivity index (χ0) is 20.2. The monoisotopic (exact) mass is 401 g/mol. The second-order valence-corrected chi connectivity index (χ2v) is 7.54. The number of nitrogens with zero attached hydrogens (tertiary/aromatic N) is 3. The van der Waals surface area contributed by atoms with Crippen molar-refractivity contribution < 1.29 is 23.5 Å². The van der Waals surface area contributed by atoms with Crippen LogP contribution in [0.5, 0.6) is 11.5 Å². The maximum Gasteiger partial charge on any atom is 0.258 e. The number of carbonyl (C=O) groups is 1. The summed E-state index contributed by atoms with van der Waals surface area (Å²) in [7, 11) is 3.12. The summed E-state index contributed by atoms with van der Waals surface area (Å²) >= 11 is 0. The van der Waals surface area contributed by atoms with Crippen LogP contribution in [0.25, 0.3) is 0 Å². The Hall–Kier alpha value is -2.61. The molecular weight excluding hydrogens is 374 g/mol. The third-order valence-corrected chi connectivity index (χ3v) is 5.44. The number of ether oxygens (including phenoxy) is 3. The summed E-state index contributed by atoms with van der Waals surface area (Å²) in [4.78, 5) is 19.5. The van der Waals surface area contributed by atoms with Crippen molar-refractivity contribution in [1.29, 1.82) is 0 Å². The number of aromatic nitrogens is 2. The molecule has 8 nitrogen and oxygen atoms in total. The van der Waals surface area contributed by atoms with Crippen LogP contribution in [0.4, 0.5) is 0 Å². The van der Waals surface area contributed by atoms with Crippen LogP contribution >= 0.6 is 0 Å². The Morgan fingerprint density at radius 1 is 1.24 bits per heavy atom. The highest BCUT2D eigenvalue weighted by atomic mass is 16.5. The molecule has 1 aromatic heterocycles. The molecule has 1 atom stereocenters. The highest BCUT2D eigenvalue weighted by molar-refractivity contribution is 5.97. The van der Waals surface area contributed by atoms with E-state index in [0.717, 1.165) is 25.4 Å². The third-order valence-electron chi connectivity index (χ3n) is 5.44. The highest BCUT2D eigenvalue weighted by Gasteiger charge is 2.35. The predicted molar refractivity (Wildman–Crippen MR) is 104 cm³/mol. The lowest BCUT2D eigenvalue weighted by Gasteiger charge is -2.23. The lowest BCUT2D eigenvalue weighted by molar-refractivity contribution is 0.0706. The van der Waals surface area contributed by atoms with Crippen LogP contribution in [-0.2, 0) is 11.2 Å². The molecule has 1 unspecified atom stereocenters. The molecule has 156 valence electrons. The van der Waals surface area contributed by atoms with Crippen molar-refractivity contribution in [3.8, 4) is 11.5 Å². The second-order valence-electron chi connectivity index (χ2n) is 7.54. The second kappa shape index (κ2) is 8.82. The van der Waals surface area contributed by atoms with Gasteiger partial charge in [0.2, 0.25) is 5.89 Å². The van der Waals surface area contributed by atoms with E-state index in [1.165, 1.54) is 12.8 Å². The highest BCUT2D eigenvalue weighted by Crippen LogP contribution is 2.35. The van der Waals surface area contributed by atoms with E-state index in [0.29, 0.717) is 48.4 Å². The number of carbonyl (C=O) groups excluding carboxylic acids is 1. The standard InChI is InChI=1S/C21H27N3O5/c1-26-15-7-8-16(18(12-15)27-2)21(25)24-10-3-4-17(24)20-22-19(23-29-20)9-11-28-13-14-5-6-14/h7-8,12,14,17H,3-6,9-11,13H2,1-2H3. The lowest BCUT2D eigenvalue weighted by atomic mass is 10.1. The minimum Gasteiger partial charge on any atom is -0.497 e. The van der Waals surface area contributed by atoms with Gasteiger partial charge in [-0.25, -0.2) is 0 Å². The molecular formula is C21H27N3O5. The number of rotatable bonds is 9. The SMILES string of the molecule is COc1ccc(C(=O)N2CCCC2c2nc(CCOCC3CC3)no2)c(OC)c1. The molecule has 1 aromatic carbocycles. The normalized spacial score (nSPS) is 18.8. The van der Waals surface area contributed by atoms with Crippen molar-refractivity contribution in [2.75, 3.05) is 34.0 Å². The van der Waals surface area contributed by atoms with Crippen LogP contribution < -0.4 is 9.47 Å². The first-order valence-corrected chi connectivity index (χ1v) is 10.1. The van der Waals surface area contributed by atoms with Crippen molar-refractivity contribution in [3.05, 3.63) is 35.5 Å². The average Bonchev–Trinajstić information content (AvgIpc) is 3.25. The van der Waals surface area contributed by atoms with E-state index >= 15 is 0 Å². The van der Waals surface area contributed by atoms with E-state index in [2.05, 4.69) is 10.1 Å². The number of hydrogen-bond donors (Lipinski definition) is 0. The summed E-state index contributed by atoms with van der Waals surface area (Å²) in [6.07, 6.45) is 4.85. The largest absolute Gasteiger partial charge is 0.497 e. The summed E-state index contributed by atoms with van der Waals surface area (Å²) in [6.45, 7) is 2.05. The molecule has 0 spiro atoms. The van der Waals surface area contributed by atoms with Crippen molar-refractivity contribution in [1.82, 2.24) is 15.0 Å². The Bertz CT molecular complexity index is 849. The molecule has 1 amide bonds. The number of likely N-dealkylation sites (tertiary alicyclic amines) is 1. The fraction of sp³-hybridized carbons (Fsp3) is 0.571. The van der Waals surface area contributed by atoms with Crippen LogP contribution in [0, 0.1) is 5.92 Å². The molecule has 2 aromatic rings. The quantitative estimate of drug-likeness (QED) is 0.597. The van der Waals surface area contributed by atoms with Gasteiger partial charge in [-0.2, -0.15) is 4.98 Å². The van der Waals surface area contributed by atoms with Crippen molar-refractivity contribution in [3.63, 3.8) is 0 Å². The Morgan fingerprint density at radius 2 is 2.10 bits per heavy atom. The molecule has 0 bridgehead atoms. The first kappa shape index (κ1) is 19.7. The van der Waals surface area contributed by atoms with Crippen molar-refractivity contribution in [2.24, 2.45) is 5.92 Å². The van der Waals surface area contributed by atoms with Crippen molar-refractivity contribution in [2.45, 2.75) is 38.1 Å². The van der Waals surface area contributed by atoms with Crippen LogP contribution in [0.2, 0.25) is 0 Å². The number of amides is 1. The minimum atomic E-state index is -0.219. The summed E-state index contributed by atoms with van der Waals surface area (Å²) in [5.41, 5.74) is 0.494. The topological polar surface area (TPSA) is 86.9 Å².